The Balaban J connectivity index is 1.64. The number of ketones is 1. The van der Waals surface area contributed by atoms with Crippen LogP contribution in [0.1, 0.15) is 27.9 Å². The second-order valence-corrected chi connectivity index (χ2v) is 6.70. The molecule has 0 fully saturated rings. The molecule has 0 saturated carbocycles. The topological polar surface area (TPSA) is 26.3 Å². The first-order valence-corrected chi connectivity index (χ1v) is 9.16. The third-order valence-electron chi connectivity index (χ3n) is 4.02. The molecular weight excluding hydrogens is 367 g/mol. The monoisotopic (exact) mass is 384 g/mol. The molecule has 0 atom stereocenters. The molecule has 3 aromatic rings. The number of hydrogen-bond donors (Lipinski definition) is 0. The molecule has 0 aromatic heterocycles. The van der Waals surface area contributed by atoms with Gasteiger partial charge in [-0.3, -0.25) is 4.79 Å². The van der Waals surface area contributed by atoms with Crippen LogP contribution in [0.15, 0.2) is 72.8 Å². The molecule has 3 aromatic carbocycles. The van der Waals surface area contributed by atoms with Crippen molar-refractivity contribution in [2.45, 2.75) is 12.8 Å². The second kappa shape index (κ2) is 8.88. The fourth-order valence-electron chi connectivity index (χ4n) is 2.67. The third kappa shape index (κ3) is 4.66. The predicted octanol–water partition coefficient (Wildman–Crippen LogP) is 6.24. The number of aryl methyl sites for hydroxylation is 1. The minimum atomic E-state index is -0.128. The summed E-state index contributed by atoms with van der Waals surface area (Å²) < 4.78 is 5.69. The summed E-state index contributed by atoms with van der Waals surface area (Å²) in [6, 6.07) is 22.2. The van der Waals surface area contributed by atoms with Gasteiger partial charge < -0.3 is 4.74 Å². The van der Waals surface area contributed by atoms with Crippen LogP contribution >= 0.6 is 23.2 Å². The van der Waals surface area contributed by atoms with Gasteiger partial charge in [0.25, 0.3) is 0 Å². The van der Waals surface area contributed by atoms with E-state index in [9.17, 15) is 4.79 Å². The Morgan fingerprint density at radius 1 is 0.846 bits per heavy atom. The Hall–Kier alpha value is -2.29. The van der Waals surface area contributed by atoms with E-state index < -0.39 is 0 Å². The SMILES string of the molecule is O=C(c1ccccc1)c1cc(Cl)c(CCCOc2ccccc2)cc1Cl. The summed E-state index contributed by atoms with van der Waals surface area (Å²) in [5.74, 6) is 0.719. The number of carbonyl (C=O) groups excluding carboxylic acids is 1. The number of benzene rings is 3. The van der Waals surface area contributed by atoms with E-state index in [0.29, 0.717) is 27.8 Å². The van der Waals surface area contributed by atoms with Crippen LogP contribution < -0.4 is 4.74 Å². The van der Waals surface area contributed by atoms with Crippen LogP contribution in [0.3, 0.4) is 0 Å². The lowest BCUT2D eigenvalue weighted by Gasteiger charge is -2.10. The smallest absolute Gasteiger partial charge is 0.194 e. The summed E-state index contributed by atoms with van der Waals surface area (Å²) in [5, 5.41) is 0.968. The van der Waals surface area contributed by atoms with Crippen LogP contribution in [0, 0.1) is 0 Å². The average Bonchev–Trinajstić information content (AvgIpc) is 2.68. The van der Waals surface area contributed by atoms with Gasteiger partial charge in [-0.1, -0.05) is 71.7 Å². The van der Waals surface area contributed by atoms with Gasteiger partial charge in [0.2, 0.25) is 0 Å². The van der Waals surface area contributed by atoms with Crippen LogP contribution in [-0.2, 0) is 6.42 Å². The van der Waals surface area contributed by atoms with Crippen LogP contribution in [0.4, 0.5) is 0 Å². The van der Waals surface area contributed by atoms with Crippen molar-refractivity contribution >= 4 is 29.0 Å². The maximum Gasteiger partial charge on any atom is 0.194 e. The van der Waals surface area contributed by atoms with Crippen LogP contribution in [0.25, 0.3) is 0 Å². The van der Waals surface area contributed by atoms with E-state index >= 15 is 0 Å². The van der Waals surface area contributed by atoms with Crippen molar-refractivity contribution in [2.24, 2.45) is 0 Å². The van der Waals surface area contributed by atoms with Crippen molar-refractivity contribution in [3.63, 3.8) is 0 Å². The lowest BCUT2D eigenvalue weighted by Crippen LogP contribution is -2.04. The molecule has 0 saturated heterocycles. The highest BCUT2D eigenvalue weighted by atomic mass is 35.5. The van der Waals surface area contributed by atoms with Gasteiger partial charge >= 0.3 is 0 Å². The molecule has 0 aliphatic heterocycles. The molecular formula is C22H18Cl2O2. The summed E-state index contributed by atoms with van der Waals surface area (Å²) in [6.45, 7) is 0.586. The highest BCUT2D eigenvalue weighted by Crippen LogP contribution is 2.28. The second-order valence-electron chi connectivity index (χ2n) is 5.88. The van der Waals surface area contributed by atoms with Crippen LogP contribution in [-0.4, -0.2) is 12.4 Å². The maximum absolute atomic E-state index is 12.6. The fraction of sp³-hybridized carbons (Fsp3) is 0.136. The molecule has 0 aliphatic rings. The number of halogens is 2. The molecule has 0 amide bonds. The number of para-hydroxylation sites is 1. The first-order chi connectivity index (χ1) is 12.6. The first kappa shape index (κ1) is 18.5. The summed E-state index contributed by atoms with van der Waals surface area (Å²) in [6.07, 6.45) is 1.53. The van der Waals surface area contributed by atoms with Crippen molar-refractivity contribution in [3.05, 3.63) is 99.5 Å². The van der Waals surface area contributed by atoms with E-state index in [1.807, 2.05) is 48.5 Å². The molecule has 0 radical (unpaired) electrons. The molecule has 0 heterocycles. The van der Waals surface area contributed by atoms with Crippen LogP contribution in [0.2, 0.25) is 10.0 Å². The molecule has 2 nitrogen and oxygen atoms in total. The number of rotatable bonds is 7. The van der Waals surface area contributed by atoms with E-state index in [1.54, 1.807) is 24.3 Å². The van der Waals surface area contributed by atoms with Gasteiger partial charge in [-0.15, -0.1) is 0 Å². The molecule has 0 aliphatic carbocycles. The summed E-state index contributed by atoms with van der Waals surface area (Å²) in [7, 11) is 0. The molecule has 0 unspecified atom stereocenters. The van der Waals surface area contributed by atoms with Crippen molar-refractivity contribution in [2.75, 3.05) is 6.61 Å². The summed E-state index contributed by atoms with van der Waals surface area (Å²) in [4.78, 5) is 12.6. The highest BCUT2D eigenvalue weighted by Gasteiger charge is 2.15. The highest BCUT2D eigenvalue weighted by molar-refractivity contribution is 6.37. The van der Waals surface area contributed by atoms with E-state index in [0.717, 1.165) is 24.2 Å². The Bertz CT molecular complexity index is 877. The normalized spacial score (nSPS) is 10.5. The number of carbonyl (C=O) groups is 1. The van der Waals surface area contributed by atoms with E-state index in [2.05, 4.69) is 0 Å². The van der Waals surface area contributed by atoms with E-state index in [4.69, 9.17) is 27.9 Å². The molecule has 4 heteroatoms. The molecule has 0 spiro atoms. The van der Waals surface area contributed by atoms with Crippen molar-refractivity contribution < 1.29 is 9.53 Å². The molecule has 0 N–H and O–H groups in total. The lowest BCUT2D eigenvalue weighted by molar-refractivity contribution is 0.103. The van der Waals surface area contributed by atoms with E-state index in [-0.39, 0.29) is 5.78 Å². The van der Waals surface area contributed by atoms with Gasteiger partial charge in [0.05, 0.1) is 11.6 Å². The minimum Gasteiger partial charge on any atom is -0.494 e. The fourth-order valence-corrected chi connectivity index (χ4v) is 3.20. The predicted molar refractivity (Wildman–Crippen MR) is 107 cm³/mol. The standard InChI is InChI=1S/C22H18Cl2O2/c23-20-15-19(22(25)16-8-3-1-4-9-16)21(24)14-17(20)10-7-13-26-18-11-5-2-6-12-18/h1-6,8-9,11-12,14-15H,7,10,13H2. The van der Waals surface area contributed by atoms with Gasteiger partial charge in [-0.2, -0.15) is 0 Å². The van der Waals surface area contributed by atoms with Gasteiger partial charge in [0.15, 0.2) is 5.78 Å². The van der Waals surface area contributed by atoms with Gasteiger partial charge in [0.1, 0.15) is 5.75 Å². The Labute approximate surface area is 163 Å². The largest absolute Gasteiger partial charge is 0.494 e. The van der Waals surface area contributed by atoms with Gasteiger partial charge in [0, 0.05) is 16.1 Å². The van der Waals surface area contributed by atoms with Crippen LogP contribution in [0.5, 0.6) is 5.75 Å². The summed E-state index contributed by atoms with van der Waals surface area (Å²) >= 11 is 12.7. The zero-order chi connectivity index (χ0) is 18.4. The third-order valence-corrected chi connectivity index (χ3v) is 4.68. The van der Waals surface area contributed by atoms with Gasteiger partial charge in [-0.05, 0) is 42.7 Å². The van der Waals surface area contributed by atoms with Crippen molar-refractivity contribution in [1.82, 2.24) is 0 Å². The lowest BCUT2D eigenvalue weighted by atomic mass is 10.0. The summed E-state index contributed by atoms with van der Waals surface area (Å²) in [5.41, 5.74) is 1.93. The van der Waals surface area contributed by atoms with Crippen molar-refractivity contribution in [1.29, 1.82) is 0 Å². The van der Waals surface area contributed by atoms with Gasteiger partial charge in [-0.25, -0.2) is 0 Å². The van der Waals surface area contributed by atoms with Crippen molar-refractivity contribution in [3.8, 4) is 5.75 Å². The molecule has 26 heavy (non-hydrogen) atoms. The zero-order valence-corrected chi connectivity index (χ0v) is 15.6. The maximum atomic E-state index is 12.6. The molecule has 132 valence electrons. The Morgan fingerprint density at radius 2 is 1.50 bits per heavy atom. The minimum absolute atomic E-state index is 0.128. The molecule has 3 rings (SSSR count). The zero-order valence-electron chi connectivity index (χ0n) is 14.1. The Morgan fingerprint density at radius 3 is 2.19 bits per heavy atom. The number of hydrogen-bond acceptors (Lipinski definition) is 2. The van der Waals surface area contributed by atoms with E-state index in [1.165, 1.54) is 0 Å². The Kier molecular flexibility index (Phi) is 6.32. The molecule has 0 bridgehead atoms. The quantitative estimate of drug-likeness (QED) is 0.356. The first-order valence-electron chi connectivity index (χ1n) is 8.40. The number of ether oxygens (including phenoxy) is 1. The average molecular weight is 385 g/mol.